The van der Waals surface area contributed by atoms with Gasteiger partial charge in [0.1, 0.15) is 0 Å². The fraction of sp³-hybridized carbons (Fsp3) is 0.462. The van der Waals surface area contributed by atoms with Gasteiger partial charge in [-0.3, -0.25) is 4.79 Å². The van der Waals surface area contributed by atoms with E-state index in [0.717, 1.165) is 11.3 Å². The van der Waals surface area contributed by atoms with Crippen molar-refractivity contribution in [3.63, 3.8) is 0 Å². The van der Waals surface area contributed by atoms with E-state index in [9.17, 15) is 13.2 Å². The summed E-state index contributed by atoms with van der Waals surface area (Å²) in [4.78, 5) is 13.9. The Morgan fingerprint density at radius 1 is 1.28 bits per heavy atom. The minimum atomic E-state index is -3.21. The molecular weight excluding hydrogens is 250 g/mol. The number of hydrogen-bond donors (Lipinski definition) is 0. The minimum Gasteiger partial charge on any atom is -0.314 e. The molecule has 1 aromatic carbocycles. The van der Waals surface area contributed by atoms with Crippen molar-refractivity contribution in [2.75, 3.05) is 23.5 Å². The Kier molecular flexibility index (Phi) is 2.97. The standard InChI is InChI=1S/C13H17NO3S/c1-4-18(16,17)9-13(2)10-7-5-6-8-11(10)14(3)12(13)15/h5-8H,4,9H2,1-3H3. The predicted molar refractivity (Wildman–Crippen MR) is 71.5 cm³/mol. The number of anilines is 1. The molecule has 0 N–H and O–H groups in total. The van der Waals surface area contributed by atoms with Gasteiger partial charge in [-0.2, -0.15) is 0 Å². The number of hydrogen-bond acceptors (Lipinski definition) is 3. The number of sulfone groups is 1. The number of carbonyl (C=O) groups is 1. The van der Waals surface area contributed by atoms with Crippen LogP contribution in [0.15, 0.2) is 24.3 Å². The van der Waals surface area contributed by atoms with Crippen LogP contribution in [0.5, 0.6) is 0 Å². The topological polar surface area (TPSA) is 54.5 Å². The fourth-order valence-electron chi connectivity index (χ4n) is 2.51. The first-order valence-electron chi connectivity index (χ1n) is 5.90. The first-order valence-corrected chi connectivity index (χ1v) is 7.72. The second kappa shape index (κ2) is 4.09. The van der Waals surface area contributed by atoms with E-state index in [0.29, 0.717) is 0 Å². The van der Waals surface area contributed by atoms with Gasteiger partial charge < -0.3 is 4.90 Å². The average molecular weight is 267 g/mol. The molecule has 0 saturated carbocycles. The Hall–Kier alpha value is -1.36. The highest BCUT2D eigenvalue weighted by Gasteiger charge is 2.48. The monoisotopic (exact) mass is 267 g/mol. The maximum absolute atomic E-state index is 12.3. The lowest BCUT2D eigenvalue weighted by Gasteiger charge is -2.22. The van der Waals surface area contributed by atoms with Crippen LogP contribution in [-0.2, 0) is 20.0 Å². The van der Waals surface area contributed by atoms with E-state index in [-0.39, 0.29) is 17.4 Å². The molecule has 5 heteroatoms. The van der Waals surface area contributed by atoms with Gasteiger partial charge in [0.2, 0.25) is 5.91 Å². The van der Waals surface area contributed by atoms with Crippen LogP contribution < -0.4 is 4.90 Å². The minimum absolute atomic E-state index is 0.0573. The SMILES string of the molecule is CCS(=O)(=O)CC1(C)C(=O)N(C)c2ccccc21. The zero-order chi connectivity index (χ0) is 13.6. The molecule has 1 atom stereocenters. The Labute approximate surface area is 108 Å². The van der Waals surface area contributed by atoms with Crippen molar-refractivity contribution in [2.45, 2.75) is 19.3 Å². The van der Waals surface area contributed by atoms with Gasteiger partial charge in [0, 0.05) is 18.5 Å². The molecule has 1 heterocycles. The van der Waals surface area contributed by atoms with Gasteiger partial charge >= 0.3 is 0 Å². The molecule has 1 aromatic rings. The fourth-order valence-corrected chi connectivity index (χ4v) is 3.87. The summed E-state index contributed by atoms with van der Waals surface area (Å²) in [6, 6.07) is 7.36. The third kappa shape index (κ3) is 1.82. The summed E-state index contributed by atoms with van der Waals surface area (Å²) in [7, 11) is -1.52. The summed E-state index contributed by atoms with van der Waals surface area (Å²) in [5, 5.41) is 0. The smallest absolute Gasteiger partial charge is 0.238 e. The summed E-state index contributed by atoms with van der Waals surface area (Å²) in [5.74, 6) is -0.223. The number of nitrogens with zero attached hydrogens (tertiary/aromatic N) is 1. The van der Waals surface area contributed by atoms with Crippen LogP contribution in [0.25, 0.3) is 0 Å². The molecule has 1 unspecified atom stereocenters. The van der Waals surface area contributed by atoms with E-state index >= 15 is 0 Å². The largest absolute Gasteiger partial charge is 0.314 e. The van der Waals surface area contributed by atoms with Crippen molar-refractivity contribution >= 4 is 21.4 Å². The number of para-hydroxylation sites is 1. The Balaban J connectivity index is 2.54. The number of amides is 1. The normalized spacial score (nSPS) is 23.3. The highest BCUT2D eigenvalue weighted by Crippen LogP contribution is 2.41. The highest BCUT2D eigenvalue weighted by atomic mass is 32.2. The van der Waals surface area contributed by atoms with Crippen molar-refractivity contribution in [1.82, 2.24) is 0 Å². The molecule has 0 aliphatic carbocycles. The molecular formula is C13H17NO3S. The van der Waals surface area contributed by atoms with Crippen molar-refractivity contribution in [2.24, 2.45) is 0 Å². The highest BCUT2D eigenvalue weighted by molar-refractivity contribution is 7.91. The second-order valence-corrected chi connectivity index (χ2v) is 7.24. The van der Waals surface area contributed by atoms with Crippen LogP contribution in [0, 0.1) is 0 Å². The van der Waals surface area contributed by atoms with E-state index in [1.54, 1.807) is 25.8 Å². The molecule has 18 heavy (non-hydrogen) atoms. The van der Waals surface area contributed by atoms with E-state index < -0.39 is 15.3 Å². The van der Waals surface area contributed by atoms with Crippen LogP contribution in [0.4, 0.5) is 5.69 Å². The molecule has 0 fully saturated rings. The average Bonchev–Trinajstić information content (AvgIpc) is 2.52. The first-order chi connectivity index (χ1) is 8.32. The van der Waals surface area contributed by atoms with Crippen LogP contribution in [0.3, 0.4) is 0 Å². The van der Waals surface area contributed by atoms with Crippen LogP contribution in [0.2, 0.25) is 0 Å². The van der Waals surface area contributed by atoms with Gasteiger partial charge in [-0.1, -0.05) is 25.1 Å². The third-order valence-corrected chi connectivity index (χ3v) is 5.48. The zero-order valence-corrected chi connectivity index (χ0v) is 11.6. The van der Waals surface area contributed by atoms with Gasteiger partial charge in [0.25, 0.3) is 0 Å². The lowest BCUT2D eigenvalue weighted by Crippen LogP contribution is -2.41. The summed E-state index contributed by atoms with van der Waals surface area (Å²) >= 11 is 0. The second-order valence-electron chi connectivity index (χ2n) is 4.89. The molecule has 0 saturated heterocycles. The van der Waals surface area contributed by atoms with Gasteiger partial charge in [0.15, 0.2) is 9.84 Å². The first kappa shape index (κ1) is 13.1. The molecule has 4 nitrogen and oxygen atoms in total. The number of rotatable bonds is 3. The predicted octanol–water partition coefficient (Wildman–Crippen LogP) is 1.36. The van der Waals surface area contributed by atoms with Crippen molar-refractivity contribution in [3.8, 4) is 0 Å². The molecule has 1 amide bonds. The molecule has 1 aliphatic rings. The van der Waals surface area contributed by atoms with E-state index in [1.807, 2.05) is 24.3 Å². The number of benzene rings is 1. The van der Waals surface area contributed by atoms with Crippen LogP contribution >= 0.6 is 0 Å². The summed E-state index contributed by atoms with van der Waals surface area (Å²) in [6.07, 6.45) is 0. The molecule has 0 radical (unpaired) electrons. The Morgan fingerprint density at radius 3 is 2.50 bits per heavy atom. The van der Waals surface area contributed by atoms with Crippen molar-refractivity contribution < 1.29 is 13.2 Å². The molecule has 0 spiro atoms. The van der Waals surface area contributed by atoms with Crippen LogP contribution in [0.1, 0.15) is 19.4 Å². The van der Waals surface area contributed by atoms with Crippen LogP contribution in [-0.4, -0.2) is 32.9 Å². The summed E-state index contributed by atoms with van der Waals surface area (Å²) in [6.45, 7) is 3.32. The molecule has 1 aliphatic heterocycles. The number of fused-ring (bicyclic) bond motifs is 1. The molecule has 0 bridgehead atoms. The molecule has 2 rings (SSSR count). The summed E-state index contributed by atoms with van der Waals surface area (Å²) in [5.41, 5.74) is 0.644. The molecule has 0 aromatic heterocycles. The van der Waals surface area contributed by atoms with Crippen molar-refractivity contribution in [3.05, 3.63) is 29.8 Å². The van der Waals surface area contributed by atoms with Gasteiger partial charge in [0.05, 0.1) is 11.2 Å². The van der Waals surface area contributed by atoms with E-state index in [4.69, 9.17) is 0 Å². The maximum atomic E-state index is 12.3. The maximum Gasteiger partial charge on any atom is 0.238 e. The Bertz CT molecular complexity index is 594. The Morgan fingerprint density at radius 2 is 1.89 bits per heavy atom. The third-order valence-electron chi connectivity index (χ3n) is 3.58. The zero-order valence-electron chi connectivity index (χ0n) is 10.8. The quantitative estimate of drug-likeness (QED) is 0.831. The van der Waals surface area contributed by atoms with Gasteiger partial charge in [-0.05, 0) is 18.6 Å². The lowest BCUT2D eigenvalue weighted by atomic mass is 9.86. The number of likely N-dealkylation sites (N-methyl/N-ethyl adjacent to an activating group) is 1. The van der Waals surface area contributed by atoms with Crippen molar-refractivity contribution in [1.29, 1.82) is 0 Å². The summed E-state index contributed by atoms with van der Waals surface area (Å²) < 4.78 is 23.7. The van der Waals surface area contributed by atoms with Gasteiger partial charge in [-0.25, -0.2) is 8.42 Å². The van der Waals surface area contributed by atoms with Gasteiger partial charge in [-0.15, -0.1) is 0 Å². The lowest BCUT2D eigenvalue weighted by molar-refractivity contribution is -0.121. The van der Waals surface area contributed by atoms with E-state index in [1.165, 1.54) is 0 Å². The van der Waals surface area contributed by atoms with E-state index in [2.05, 4.69) is 0 Å². The molecule has 98 valence electrons. The number of carbonyl (C=O) groups excluding carboxylic acids is 1.